The quantitative estimate of drug-likeness (QED) is 0.756. The zero-order chi connectivity index (χ0) is 19.8. The lowest BCUT2D eigenvalue weighted by molar-refractivity contribution is -0.116. The number of ether oxygens (including phenoxy) is 2. The highest BCUT2D eigenvalue weighted by Gasteiger charge is 2.14. The molecular weight excluding hydrogens is 348 g/mol. The van der Waals surface area contributed by atoms with Gasteiger partial charge < -0.3 is 19.7 Å². The number of nitrogens with zero attached hydrogens (tertiary/aromatic N) is 1. The molecular formula is C20H22N2O5. The fourth-order valence-electron chi connectivity index (χ4n) is 2.51. The molecule has 2 amide bonds. The Labute approximate surface area is 157 Å². The molecule has 0 bridgehead atoms. The van der Waals surface area contributed by atoms with Crippen LogP contribution in [0.15, 0.2) is 48.5 Å². The molecule has 2 aromatic rings. The smallest absolute Gasteiger partial charge is 0.337 e. The van der Waals surface area contributed by atoms with Gasteiger partial charge >= 0.3 is 5.97 Å². The van der Waals surface area contributed by atoms with Gasteiger partial charge in [0.15, 0.2) is 0 Å². The van der Waals surface area contributed by atoms with Crippen molar-refractivity contribution in [1.29, 1.82) is 0 Å². The van der Waals surface area contributed by atoms with E-state index in [-0.39, 0.29) is 18.4 Å². The van der Waals surface area contributed by atoms with E-state index >= 15 is 0 Å². The summed E-state index contributed by atoms with van der Waals surface area (Å²) in [6.07, 6.45) is 0. The van der Waals surface area contributed by atoms with Gasteiger partial charge in [0.2, 0.25) is 5.91 Å². The number of carbonyl (C=O) groups is 3. The van der Waals surface area contributed by atoms with Crippen LogP contribution in [-0.4, -0.2) is 45.1 Å². The summed E-state index contributed by atoms with van der Waals surface area (Å²) < 4.78 is 9.76. The molecule has 2 aromatic carbocycles. The van der Waals surface area contributed by atoms with Crippen molar-refractivity contribution in [2.75, 3.05) is 32.2 Å². The van der Waals surface area contributed by atoms with Gasteiger partial charge in [-0.15, -0.1) is 0 Å². The highest BCUT2D eigenvalue weighted by molar-refractivity contribution is 5.95. The fraction of sp³-hybridized carbons (Fsp3) is 0.250. The predicted octanol–water partition coefficient (Wildman–Crippen LogP) is 2.26. The molecule has 1 N–H and O–H groups in total. The monoisotopic (exact) mass is 370 g/mol. The van der Waals surface area contributed by atoms with E-state index in [9.17, 15) is 14.4 Å². The van der Waals surface area contributed by atoms with E-state index in [1.165, 1.54) is 26.0 Å². The summed E-state index contributed by atoms with van der Waals surface area (Å²) in [6.45, 7) is 2.01. The van der Waals surface area contributed by atoms with Crippen LogP contribution < -0.4 is 15.0 Å². The zero-order valence-electron chi connectivity index (χ0n) is 15.5. The van der Waals surface area contributed by atoms with Gasteiger partial charge in [0, 0.05) is 31.3 Å². The van der Waals surface area contributed by atoms with Gasteiger partial charge in [-0.05, 0) is 42.5 Å². The molecule has 7 heteroatoms. The van der Waals surface area contributed by atoms with Crippen LogP contribution in [0.4, 0.5) is 5.69 Å². The molecule has 0 atom stereocenters. The van der Waals surface area contributed by atoms with Gasteiger partial charge in [-0.1, -0.05) is 6.07 Å². The normalized spacial score (nSPS) is 10.0. The third-order valence-electron chi connectivity index (χ3n) is 3.93. The number of rotatable bonds is 7. The SMILES string of the molecule is COC(=O)c1ccc(N(CCNC(=O)c2cccc(OC)c2)C(C)=O)cc1. The molecule has 27 heavy (non-hydrogen) atoms. The largest absolute Gasteiger partial charge is 0.497 e. The molecule has 0 saturated heterocycles. The summed E-state index contributed by atoms with van der Waals surface area (Å²) in [4.78, 5) is 37.2. The van der Waals surface area contributed by atoms with Crippen LogP contribution in [0.3, 0.4) is 0 Å². The van der Waals surface area contributed by atoms with Crippen LogP contribution in [0.2, 0.25) is 0 Å². The Morgan fingerprint density at radius 2 is 1.70 bits per heavy atom. The lowest BCUT2D eigenvalue weighted by atomic mass is 10.2. The number of benzene rings is 2. The fourth-order valence-corrected chi connectivity index (χ4v) is 2.51. The first-order chi connectivity index (χ1) is 13.0. The number of anilines is 1. The minimum atomic E-state index is -0.443. The first kappa shape index (κ1) is 20.0. The molecule has 0 unspecified atom stereocenters. The molecule has 0 saturated carbocycles. The number of hydrogen-bond donors (Lipinski definition) is 1. The molecule has 7 nitrogen and oxygen atoms in total. The lowest BCUT2D eigenvalue weighted by Crippen LogP contribution is -2.37. The van der Waals surface area contributed by atoms with Crippen LogP contribution in [0.1, 0.15) is 27.6 Å². The van der Waals surface area contributed by atoms with E-state index in [0.29, 0.717) is 29.1 Å². The third-order valence-corrected chi connectivity index (χ3v) is 3.93. The van der Waals surface area contributed by atoms with Crippen molar-refractivity contribution in [2.24, 2.45) is 0 Å². The van der Waals surface area contributed by atoms with Gasteiger partial charge in [0.1, 0.15) is 5.75 Å². The minimum Gasteiger partial charge on any atom is -0.497 e. The summed E-state index contributed by atoms with van der Waals surface area (Å²) >= 11 is 0. The van der Waals surface area contributed by atoms with Gasteiger partial charge in [-0.2, -0.15) is 0 Å². The summed E-state index contributed by atoms with van der Waals surface area (Å²) in [5, 5.41) is 2.78. The molecule has 0 aliphatic rings. The number of methoxy groups -OCH3 is 2. The zero-order valence-corrected chi connectivity index (χ0v) is 15.5. The number of carbonyl (C=O) groups excluding carboxylic acids is 3. The summed E-state index contributed by atoms with van der Waals surface area (Å²) in [5.74, 6) is -0.268. The first-order valence-corrected chi connectivity index (χ1v) is 8.35. The molecule has 2 rings (SSSR count). The van der Waals surface area contributed by atoms with Crippen molar-refractivity contribution in [1.82, 2.24) is 5.32 Å². The topological polar surface area (TPSA) is 84.9 Å². The van der Waals surface area contributed by atoms with Crippen LogP contribution in [0.25, 0.3) is 0 Å². The number of amides is 2. The molecule has 0 aromatic heterocycles. The number of nitrogens with one attached hydrogen (secondary N) is 1. The molecule has 0 fully saturated rings. The maximum Gasteiger partial charge on any atom is 0.337 e. The second-order valence-corrected chi connectivity index (χ2v) is 5.70. The molecule has 142 valence electrons. The first-order valence-electron chi connectivity index (χ1n) is 8.35. The summed E-state index contributed by atoms with van der Waals surface area (Å²) in [5.41, 5.74) is 1.51. The average Bonchev–Trinajstić information content (AvgIpc) is 2.70. The standard InChI is InChI=1S/C20H22N2O5/c1-14(23)22(17-9-7-15(8-10-17)20(25)27-3)12-11-21-19(24)16-5-4-6-18(13-16)26-2/h4-10,13H,11-12H2,1-3H3,(H,21,24). The second-order valence-electron chi connectivity index (χ2n) is 5.70. The highest BCUT2D eigenvalue weighted by Crippen LogP contribution is 2.16. The molecule has 0 heterocycles. The number of hydrogen-bond acceptors (Lipinski definition) is 5. The Hall–Kier alpha value is -3.35. The summed E-state index contributed by atoms with van der Waals surface area (Å²) in [7, 11) is 2.84. The van der Waals surface area contributed by atoms with E-state index < -0.39 is 5.97 Å². The van der Waals surface area contributed by atoms with E-state index in [1.807, 2.05) is 0 Å². The number of esters is 1. The average molecular weight is 370 g/mol. The Morgan fingerprint density at radius 3 is 2.30 bits per heavy atom. The van der Waals surface area contributed by atoms with Gasteiger partial charge in [0.25, 0.3) is 5.91 Å². The van der Waals surface area contributed by atoms with Crippen molar-refractivity contribution in [3.05, 3.63) is 59.7 Å². The Kier molecular flexibility index (Phi) is 6.93. The predicted molar refractivity (Wildman–Crippen MR) is 101 cm³/mol. The molecule has 0 spiro atoms. The van der Waals surface area contributed by atoms with E-state index in [4.69, 9.17) is 4.74 Å². The Bertz CT molecular complexity index is 817. The van der Waals surface area contributed by atoms with Gasteiger partial charge in [-0.3, -0.25) is 9.59 Å². The van der Waals surface area contributed by atoms with Crippen LogP contribution in [0.5, 0.6) is 5.75 Å². The Balaban J connectivity index is 1.99. The van der Waals surface area contributed by atoms with E-state index in [1.54, 1.807) is 48.5 Å². The summed E-state index contributed by atoms with van der Waals surface area (Å²) in [6, 6.07) is 13.3. The molecule has 0 aliphatic heterocycles. The minimum absolute atomic E-state index is 0.170. The maximum atomic E-state index is 12.2. The second kappa shape index (κ2) is 9.38. The van der Waals surface area contributed by atoms with Crippen molar-refractivity contribution < 1.29 is 23.9 Å². The molecule has 0 radical (unpaired) electrons. The van der Waals surface area contributed by atoms with Gasteiger partial charge in [-0.25, -0.2) is 4.79 Å². The Morgan fingerprint density at radius 1 is 1.00 bits per heavy atom. The van der Waals surface area contributed by atoms with Crippen molar-refractivity contribution in [2.45, 2.75) is 6.92 Å². The lowest BCUT2D eigenvalue weighted by Gasteiger charge is -2.21. The molecule has 0 aliphatic carbocycles. The van der Waals surface area contributed by atoms with Crippen molar-refractivity contribution in [3.63, 3.8) is 0 Å². The third kappa shape index (κ3) is 5.31. The van der Waals surface area contributed by atoms with Gasteiger partial charge in [0.05, 0.1) is 19.8 Å². The van der Waals surface area contributed by atoms with Crippen LogP contribution >= 0.6 is 0 Å². The van der Waals surface area contributed by atoms with Crippen LogP contribution in [-0.2, 0) is 9.53 Å². The van der Waals surface area contributed by atoms with Crippen molar-refractivity contribution in [3.8, 4) is 5.75 Å². The van der Waals surface area contributed by atoms with E-state index in [0.717, 1.165) is 0 Å². The maximum absolute atomic E-state index is 12.2. The van der Waals surface area contributed by atoms with Crippen molar-refractivity contribution >= 4 is 23.5 Å². The van der Waals surface area contributed by atoms with E-state index in [2.05, 4.69) is 10.1 Å². The van der Waals surface area contributed by atoms with Crippen LogP contribution in [0, 0.1) is 0 Å². The highest BCUT2D eigenvalue weighted by atomic mass is 16.5.